The zero-order valence-electron chi connectivity index (χ0n) is 14.5. The van der Waals surface area contributed by atoms with Crippen molar-refractivity contribution in [1.82, 2.24) is 9.62 Å². The molecule has 1 aliphatic heterocycles. The van der Waals surface area contributed by atoms with Gasteiger partial charge in [0.1, 0.15) is 0 Å². The number of nitrogens with one attached hydrogen (secondary N) is 1. The number of amides is 1. The highest BCUT2D eigenvalue weighted by Crippen LogP contribution is 2.22. The fourth-order valence-corrected chi connectivity index (χ4v) is 4.24. The van der Waals surface area contributed by atoms with Crippen molar-refractivity contribution in [2.45, 2.75) is 31.2 Å². The average Bonchev–Trinajstić information content (AvgIpc) is 2.62. The minimum absolute atomic E-state index is 0.00463. The first-order valence-electron chi connectivity index (χ1n) is 8.46. The van der Waals surface area contributed by atoms with Crippen molar-refractivity contribution in [3.8, 4) is 0 Å². The van der Waals surface area contributed by atoms with E-state index in [2.05, 4.69) is 4.72 Å². The smallest absolute Gasteiger partial charge is 0.240 e. The highest BCUT2D eigenvalue weighted by molar-refractivity contribution is 7.89. The molecule has 0 aromatic heterocycles. The summed E-state index contributed by atoms with van der Waals surface area (Å²) >= 11 is 5.85. The number of benzene rings is 2. The summed E-state index contributed by atoms with van der Waals surface area (Å²) in [4.78, 5) is 13.5. The fourth-order valence-electron chi connectivity index (χ4n) is 3.03. The van der Waals surface area contributed by atoms with E-state index < -0.39 is 10.0 Å². The van der Waals surface area contributed by atoms with E-state index in [9.17, 15) is 13.2 Å². The Morgan fingerprint density at radius 2 is 1.88 bits per heavy atom. The van der Waals surface area contributed by atoms with Crippen LogP contribution < -0.4 is 4.72 Å². The Kier molecular flexibility index (Phi) is 5.65. The lowest BCUT2D eigenvalue weighted by Crippen LogP contribution is -2.34. The van der Waals surface area contributed by atoms with Crippen LogP contribution in [0.2, 0.25) is 5.02 Å². The lowest BCUT2D eigenvalue weighted by atomic mass is 10.00. The van der Waals surface area contributed by atoms with Gasteiger partial charge >= 0.3 is 0 Å². The SMILES string of the molecule is CC(=O)N1CCc2ccc(S(=O)(=O)NCCc3ccc(Cl)cc3)cc2C1. The van der Waals surface area contributed by atoms with Crippen molar-refractivity contribution >= 4 is 27.5 Å². The van der Waals surface area contributed by atoms with Crippen molar-refractivity contribution in [3.05, 3.63) is 64.2 Å². The normalized spacial score (nSPS) is 14.2. The second-order valence-corrected chi connectivity index (χ2v) is 8.60. The minimum atomic E-state index is -3.59. The van der Waals surface area contributed by atoms with Crippen LogP contribution in [0.1, 0.15) is 23.6 Å². The third-order valence-electron chi connectivity index (χ3n) is 4.56. The molecule has 138 valence electrons. The number of carbonyl (C=O) groups is 1. The van der Waals surface area contributed by atoms with Crippen LogP contribution in [0.4, 0.5) is 0 Å². The standard InChI is InChI=1S/C19H21ClN2O3S/c1-14(23)22-11-9-16-4-7-19(12-17(16)13-22)26(24,25)21-10-8-15-2-5-18(20)6-3-15/h2-7,12,21H,8-11,13H2,1H3. The summed E-state index contributed by atoms with van der Waals surface area (Å²) in [5.41, 5.74) is 3.01. The van der Waals surface area contributed by atoms with Crippen molar-refractivity contribution < 1.29 is 13.2 Å². The van der Waals surface area contributed by atoms with Crippen LogP contribution >= 0.6 is 11.6 Å². The molecule has 0 saturated carbocycles. The summed E-state index contributed by atoms with van der Waals surface area (Å²) in [6, 6.07) is 12.5. The lowest BCUT2D eigenvalue weighted by molar-refractivity contribution is -0.129. The molecule has 2 aromatic rings. The molecular formula is C19H21ClN2O3S. The van der Waals surface area contributed by atoms with E-state index in [-0.39, 0.29) is 10.8 Å². The van der Waals surface area contributed by atoms with Gasteiger partial charge in [-0.3, -0.25) is 4.79 Å². The highest BCUT2D eigenvalue weighted by Gasteiger charge is 2.21. The largest absolute Gasteiger partial charge is 0.338 e. The Labute approximate surface area is 159 Å². The summed E-state index contributed by atoms with van der Waals surface area (Å²) in [7, 11) is -3.59. The number of hydrogen-bond donors (Lipinski definition) is 1. The van der Waals surface area contributed by atoms with Gasteiger partial charge in [0.2, 0.25) is 15.9 Å². The Morgan fingerprint density at radius 3 is 2.58 bits per heavy atom. The summed E-state index contributed by atoms with van der Waals surface area (Å²) < 4.78 is 27.8. The topological polar surface area (TPSA) is 66.5 Å². The van der Waals surface area contributed by atoms with Crippen LogP contribution in [0.5, 0.6) is 0 Å². The van der Waals surface area contributed by atoms with E-state index in [1.54, 1.807) is 29.2 Å². The monoisotopic (exact) mass is 392 g/mol. The number of nitrogens with zero attached hydrogens (tertiary/aromatic N) is 1. The summed E-state index contributed by atoms with van der Waals surface area (Å²) in [5, 5.41) is 0.656. The van der Waals surface area contributed by atoms with Gasteiger partial charge < -0.3 is 4.90 Å². The van der Waals surface area contributed by atoms with Crippen LogP contribution in [-0.2, 0) is 34.2 Å². The van der Waals surface area contributed by atoms with E-state index in [1.807, 2.05) is 18.2 Å². The quantitative estimate of drug-likeness (QED) is 0.850. The summed E-state index contributed by atoms with van der Waals surface area (Å²) in [6.07, 6.45) is 1.33. The molecule has 26 heavy (non-hydrogen) atoms. The van der Waals surface area contributed by atoms with Crippen LogP contribution in [0.15, 0.2) is 47.4 Å². The van der Waals surface area contributed by atoms with Crippen LogP contribution in [-0.4, -0.2) is 32.3 Å². The second-order valence-electron chi connectivity index (χ2n) is 6.40. The van der Waals surface area contributed by atoms with Crippen LogP contribution in [0.3, 0.4) is 0 Å². The minimum Gasteiger partial charge on any atom is -0.338 e. The molecular weight excluding hydrogens is 372 g/mol. The highest BCUT2D eigenvalue weighted by atomic mass is 35.5. The first-order chi connectivity index (χ1) is 12.3. The first kappa shape index (κ1) is 18.9. The summed E-state index contributed by atoms with van der Waals surface area (Å²) in [6.45, 7) is 2.97. The number of halogens is 1. The predicted molar refractivity (Wildman–Crippen MR) is 102 cm³/mol. The second kappa shape index (κ2) is 7.78. The van der Waals surface area contributed by atoms with Gasteiger partial charge in [0.05, 0.1) is 4.90 Å². The van der Waals surface area contributed by atoms with E-state index >= 15 is 0 Å². The van der Waals surface area contributed by atoms with E-state index in [4.69, 9.17) is 11.6 Å². The Hall–Kier alpha value is -1.89. The average molecular weight is 393 g/mol. The Bertz CT molecular complexity index is 911. The van der Waals surface area contributed by atoms with Gasteiger partial charge in [0, 0.05) is 31.6 Å². The third-order valence-corrected chi connectivity index (χ3v) is 6.28. The molecule has 3 rings (SSSR count). The van der Waals surface area contributed by atoms with E-state index in [0.29, 0.717) is 31.1 Å². The Morgan fingerprint density at radius 1 is 1.15 bits per heavy atom. The summed E-state index contributed by atoms with van der Waals surface area (Å²) in [5.74, 6) is 0.00463. The van der Waals surface area contributed by atoms with Crippen molar-refractivity contribution in [2.75, 3.05) is 13.1 Å². The molecule has 0 bridgehead atoms. The molecule has 0 radical (unpaired) electrons. The molecule has 5 nitrogen and oxygen atoms in total. The number of sulfonamides is 1. The molecule has 7 heteroatoms. The molecule has 0 aliphatic carbocycles. The van der Waals surface area contributed by atoms with Gasteiger partial charge in [-0.05, 0) is 53.8 Å². The Balaban J connectivity index is 1.68. The molecule has 0 spiro atoms. The van der Waals surface area contributed by atoms with Gasteiger partial charge in [-0.15, -0.1) is 0 Å². The maximum absolute atomic E-state index is 12.6. The molecule has 0 saturated heterocycles. The molecule has 0 atom stereocenters. The molecule has 0 unspecified atom stereocenters. The van der Waals surface area contributed by atoms with Gasteiger partial charge in [0.15, 0.2) is 0 Å². The number of hydrogen-bond acceptors (Lipinski definition) is 3. The molecule has 2 aromatic carbocycles. The number of carbonyl (C=O) groups excluding carboxylic acids is 1. The predicted octanol–water partition coefficient (Wildman–Crippen LogP) is 2.77. The van der Waals surface area contributed by atoms with Crippen LogP contribution in [0.25, 0.3) is 0 Å². The van der Waals surface area contributed by atoms with Crippen molar-refractivity contribution in [2.24, 2.45) is 0 Å². The molecule has 1 N–H and O–H groups in total. The maximum Gasteiger partial charge on any atom is 0.240 e. The molecule has 1 heterocycles. The fraction of sp³-hybridized carbons (Fsp3) is 0.316. The maximum atomic E-state index is 12.6. The van der Waals surface area contributed by atoms with Crippen molar-refractivity contribution in [1.29, 1.82) is 0 Å². The van der Waals surface area contributed by atoms with E-state index in [0.717, 1.165) is 23.1 Å². The number of rotatable bonds is 5. The zero-order chi connectivity index (χ0) is 18.7. The van der Waals surface area contributed by atoms with Crippen molar-refractivity contribution in [3.63, 3.8) is 0 Å². The van der Waals surface area contributed by atoms with Gasteiger partial charge in [-0.1, -0.05) is 29.8 Å². The van der Waals surface area contributed by atoms with Gasteiger partial charge in [-0.25, -0.2) is 13.1 Å². The van der Waals surface area contributed by atoms with E-state index in [1.165, 1.54) is 6.92 Å². The third kappa shape index (κ3) is 4.44. The zero-order valence-corrected chi connectivity index (χ0v) is 16.1. The molecule has 0 fully saturated rings. The number of fused-ring (bicyclic) bond motifs is 1. The molecule has 1 amide bonds. The van der Waals surface area contributed by atoms with Gasteiger partial charge in [0.25, 0.3) is 0 Å². The van der Waals surface area contributed by atoms with Crippen LogP contribution in [0, 0.1) is 0 Å². The first-order valence-corrected chi connectivity index (χ1v) is 10.3. The molecule has 1 aliphatic rings. The van der Waals surface area contributed by atoms with Gasteiger partial charge in [-0.2, -0.15) is 0 Å². The lowest BCUT2D eigenvalue weighted by Gasteiger charge is -2.28.